The summed E-state index contributed by atoms with van der Waals surface area (Å²) < 4.78 is 27.9. The van der Waals surface area contributed by atoms with E-state index in [9.17, 15) is 18.5 Å². The first-order valence-corrected chi connectivity index (χ1v) is 11.4. The van der Waals surface area contributed by atoms with E-state index in [1.807, 2.05) is 35.0 Å². The van der Waals surface area contributed by atoms with Crippen molar-refractivity contribution >= 4 is 50.0 Å². The van der Waals surface area contributed by atoms with Crippen molar-refractivity contribution in [2.45, 2.75) is 24.9 Å². The Kier molecular flexibility index (Phi) is 5.97. The summed E-state index contributed by atoms with van der Waals surface area (Å²) in [5, 5.41) is 15.1. The maximum Gasteiger partial charge on any atom is 0.275 e. The molecule has 10 heteroatoms. The van der Waals surface area contributed by atoms with Crippen LogP contribution < -0.4 is 0 Å². The molecule has 2 heterocycles. The van der Waals surface area contributed by atoms with Gasteiger partial charge in [0, 0.05) is 34.5 Å². The van der Waals surface area contributed by atoms with Crippen molar-refractivity contribution < 1.29 is 13.3 Å². The standard InChI is InChI=1S/C17H15ClN2O4S3/c1-12-16(18)8-15(9-17(12)20(21)22)27(23,24)19(10-13-4-2-6-25-13)11-14-5-3-7-26-14/h2-9H,10-11H2,1H3. The normalized spacial score (nSPS) is 11.8. The number of halogens is 1. The van der Waals surface area contributed by atoms with Gasteiger partial charge in [-0.2, -0.15) is 4.31 Å². The molecule has 0 spiro atoms. The van der Waals surface area contributed by atoms with Crippen LogP contribution in [0.15, 0.2) is 52.1 Å². The maximum atomic E-state index is 13.3. The van der Waals surface area contributed by atoms with Crippen LogP contribution in [0.25, 0.3) is 0 Å². The molecule has 27 heavy (non-hydrogen) atoms. The molecule has 0 unspecified atom stereocenters. The van der Waals surface area contributed by atoms with Crippen molar-refractivity contribution in [1.29, 1.82) is 0 Å². The van der Waals surface area contributed by atoms with Crippen LogP contribution in [0.5, 0.6) is 0 Å². The van der Waals surface area contributed by atoms with Gasteiger partial charge in [-0.25, -0.2) is 8.42 Å². The van der Waals surface area contributed by atoms with Crippen molar-refractivity contribution in [3.05, 3.63) is 77.6 Å². The fourth-order valence-corrected chi connectivity index (χ4v) is 5.83. The van der Waals surface area contributed by atoms with Crippen molar-refractivity contribution in [2.24, 2.45) is 0 Å². The fraction of sp³-hybridized carbons (Fsp3) is 0.176. The van der Waals surface area contributed by atoms with Crippen molar-refractivity contribution in [1.82, 2.24) is 4.31 Å². The van der Waals surface area contributed by atoms with Crippen LogP contribution in [0.1, 0.15) is 15.3 Å². The van der Waals surface area contributed by atoms with Gasteiger partial charge in [-0.3, -0.25) is 10.1 Å². The van der Waals surface area contributed by atoms with Crippen LogP contribution >= 0.6 is 34.3 Å². The predicted octanol–water partition coefficient (Wildman–Crippen LogP) is 5.07. The molecule has 0 amide bonds. The largest absolute Gasteiger partial charge is 0.275 e. The number of thiophene rings is 2. The van der Waals surface area contributed by atoms with Gasteiger partial charge in [-0.05, 0) is 35.9 Å². The van der Waals surface area contributed by atoms with E-state index >= 15 is 0 Å². The first kappa shape index (κ1) is 20.0. The van der Waals surface area contributed by atoms with Crippen LogP contribution in [0.2, 0.25) is 5.02 Å². The highest BCUT2D eigenvalue weighted by molar-refractivity contribution is 7.89. The third kappa shape index (κ3) is 4.39. The summed E-state index contributed by atoms with van der Waals surface area (Å²) >= 11 is 8.98. The number of sulfonamides is 1. The molecule has 2 aromatic heterocycles. The highest BCUT2D eigenvalue weighted by atomic mass is 35.5. The molecule has 0 aliphatic carbocycles. The molecule has 0 atom stereocenters. The molecule has 0 radical (unpaired) electrons. The summed E-state index contributed by atoms with van der Waals surface area (Å²) in [5.74, 6) is 0. The highest BCUT2D eigenvalue weighted by Crippen LogP contribution is 2.32. The van der Waals surface area contributed by atoms with Crippen molar-refractivity contribution in [3.63, 3.8) is 0 Å². The van der Waals surface area contributed by atoms with Crippen LogP contribution in [-0.4, -0.2) is 17.6 Å². The second-order valence-corrected chi connectivity index (χ2v) is 10.1. The molecule has 0 saturated heterocycles. The first-order chi connectivity index (χ1) is 12.8. The average molecular weight is 443 g/mol. The van der Waals surface area contributed by atoms with Gasteiger partial charge in [0.05, 0.1) is 14.8 Å². The third-order valence-corrected chi connectivity index (χ3v) is 7.83. The Balaban J connectivity index is 2.05. The Morgan fingerprint density at radius 3 is 2.11 bits per heavy atom. The Bertz CT molecular complexity index is 1010. The van der Waals surface area contributed by atoms with E-state index in [-0.39, 0.29) is 34.3 Å². The van der Waals surface area contributed by atoms with E-state index in [0.717, 1.165) is 15.8 Å². The minimum absolute atomic E-state index is 0.0509. The second kappa shape index (κ2) is 8.07. The van der Waals surface area contributed by atoms with Crippen LogP contribution in [0.3, 0.4) is 0 Å². The lowest BCUT2D eigenvalue weighted by Gasteiger charge is -2.21. The topological polar surface area (TPSA) is 80.5 Å². The van der Waals surface area contributed by atoms with Gasteiger partial charge in [0.25, 0.3) is 5.69 Å². The number of nitro groups is 1. The Labute approximate surface area is 169 Å². The van der Waals surface area contributed by atoms with Crippen LogP contribution in [0.4, 0.5) is 5.69 Å². The Hall–Kier alpha value is -1.78. The van der Waals surface area contributed by atoms with E-state index in [0.29, 0.717) is 0 Å². The third-order valence-electron chi connectivity index (χ3n) is 3.95. The molecule has 0 aliphatic rings. The Morgan fingerprint density at radius 2 is 1.67 bits per heavy atom. The van der Waals surface area contributed by atoms with Crippen molar-refractivity contribution in [3.8, 4) is 0 Å². The van der Waals surface area contributed by atoms with E-state index in [1.165, 1.54) is 40.0 Å². The van der Waals surface area contributed by atoms with Gasteiger partial charge in [-0.1, -0.05) is 23.7 Å². The van der Waals surface area contributed by atoms with Gasteiger partial charge >= 0.3 is 0 Å². The smallest absolute Gasteiger partial charge is 0.258 e. The molecule has 0 aliphatic heterocycles. The Morgan fingerprint density at radius 1 is 1.11 bits per heavy atom. The molecule has 3 rings (SSSR count). The van der Waals surface area contributed by atoms with Gasteiger partial charge in [0.2, 0.25) is 10.0 Å². The number of hydrogen-bond acceptors (Lipinski definition) is 6. The zero-order chi connectivity index (χ0) is 19.6. The molecule has 0 fully saturated rings. The van der Waals surface area contributed by atoms with E-state index in [1.54, 1.807) is 0 Å². The van der Waals surface area contributed by atoms with Gasteiger partial charge in [-0.15, -0.1) is 22.7 Å². The predicted molar refractivity (Wildman–Crippen MR) is 108 cm³/mol. The molecule has 6 nitrogen and oxygen atoms in total. The summed E-state index contributed by atoms with van der Waals surface area (Å²) in [5.41, 5.74) is -0.0723. The van der Waals surface area contributed by atoms with Gasteiger partial charge in [0.15, 0.2) is 0 Å². The van der Waals surface area contributed by atoms with Crippen molar-refractivity contribution in [2.75, 3.05) is 0 Å². The summed E-state index contributed by atoms with van der Waals surface area (Å²) in [6.07, 6.45) is 0. The quantitative estimate of drug-likeness (QED) is 0.378. The van der Waals surface area contributed by atoms with Crippen LogP contribution in [-0.2, 0) is 23.1 Å². The lowest BCUT2D eigenvalue weighted by molar-refractivity contribution is -0.385. The molecule has 3 aromatic rings. The van der Waals surface area contributed by atoms with Crippen LogP contribution in [0, 0.1) is 17.0 Å². The minimum atomic E-state index is -3.99. The molecular formula is C17H15ClN2O4S3. The number of hydrogen-bond donors (Lipinski definition) is 0. The fourth-order valence-electron chi connectivity index (χ4n) is 2.51. The number of rotatable bonds is 7. The first-order valence-electron chi connectivity index (χ1n) is 7.78. The molecule has 142 valence electrons. The highest BCUT2D eigenvalue weighted by Gasteiger charge is 2.29. The second-order valence-electron chi connectivity index (χ2n) is 5.74. The summed E-state index contributed by atoms with van der Waals surface area (Å²) in [6.45, 7) is 1.85. The minimum Gasteiger partial charge on any atom is -0.258 e. The summed E-state index contributed by atoms with van der Waals surface area (Å²) in [7, 11) is -3.99. The molecule has 0 N–H and O–H groups in total. The van der Waals surface area contributed by atoms with E-state index in [4.69, 9.17) is 11.6 Å². The number of benzene rings is 1. The molecule has 0 saturated carbocycles. The molecule has 1 aromatic carbocycles. The zero-order valence-corrected chi connectivity index (χ0v) is 17.4. The lowest BCUT2D eigenvalue weighted by Crippen LogP contribution is -2.29. The molecule has 0 bridgehead atoms. The van der Waals surface area contributed by atoms with E-state index in [2.05, 4.69) is 0 Å². The maximum absolute atomic E-state index is 13.3. The van der Waals surface area contributed by atoms with Gasteiger partial charge < -0.3 is 0 Å². The van der Waals surface area contributed by atoms with E-state index < -0.39 is 14.9 Å². The number of nitrogens with zero attached hydrogens (tertiary/aromatic N) is 2. The monoisotopic (exact) mass is 442 g/mol. The summed E-state index contributed by atoms with van der Waals surface area (Å²) in [4.78, 5) is 12.2. The lowest BCUT2D eigenvalue weighted by atomic mass is 10.2. The zero-order valence-electron chi connectivity index (χ0n) is 14.2. The SMILES string of the molecule is Cc1c(Cl)cc(S(=O)(=O)N(Cc2cccs2)Cc2cccs2)cc1[N+](=O)[O-]. The van der Waals surface area contributed by atoms with Gasteiger partial charge in [0.1, 0.15) is 0 Å². The molecular weight excluding hydrogens is 428 g/mol. The average Bonchev–Trinajstić information content (AvgIpc) is 3.30. The summed E-state index contributed by atoms with van der Waals surface area (Å²) in [6, 6.07) is 9.76. The number of nitro benzene ring substituents is 1.